The van der Waals surface area contributed by atoms with Gasteiger partial charge in [0.15, 0.2) is 0 Å². The molecule has 0 aliphatic rings. The number of carbonyl (C=O) groups excluding carboxylic acids is 1. The molecule has 0 amide bonds. The smallest absolute Gasteiger partial charge is 0.546 e. The number of ether oxygens (including phenoxy) is 1. The second-order valence-corrected chi connectivity index (χ2v) is 0.927. The van der Waals surface area contributed by atoms with Crippen molar-refractivity contribution < 1.29 is 54.1 Å². The van der Waals surface area contributed by atoms with Crippen molar-refractivity contribution in [2.45, 2.75) is 0 Å². The fraction of sp³-hybridized carbons (Fsp3) is 0.333. The van der Waals surface area contributed by atoms with Gasteiger partial charge in [-0.3, -0.25) is 0 Å². The van der Waals surface area contributed by atoms with Crippen LogP contribution in [0.3, 0.4) is 0 Å². The molecule has 0 rings (SSSR count). The first-order valence-electron chi connectivity index (χ1n) is 1.68. The van der Waals surface area contributed by atoms with E-state index >= 15 is 0 Å². The Labute approximate surface area is 72.9 Å². The van der Waals surface area contributed by atoms with E-state index in [1.165, 1.54) is 0 Å². The van der Waals surface area contributed by atoms with Gasteiger partial charge in [0.05, 0.1) is 5.97 Å². The van der Waals surface area contributed by atoms with Gasteiger partial charge >= 0.3 is 35.7 Å². The number of carbonyl (C=O) groups is 2. The normalized spacial score (nSPS) is 7.11. The van der Waals surface area contributed by atoms with Crippen LogP contribution in [-0.4, -0.2) is 23.8 Å². The van der Waals surface area contributed by atoms with Gasteiger partial charge in [-0.05, 0) is 0 Å². The van der Waals surface area contributed by atoms with Crippen LogP contribution in [0.1, 0.15) is 0 Å². The quantitative estimate of drug-likeness (QED) is 0.310. The van der Waals surface area contributed by atoms with Gasteiger partial charge in [-0.25, -0.2) is 4.79 Å². The molecule has 0 aliphatic carbocycles. The van der Waals surface area contributed by atoms with E-state index in [-0.39, 0.29) is 29.6 Å². The van der Waals surface area contributed by atoms with Crippen molar-refractivity contribution in [2.24, 2.45) is 0 Å². The van der Waals surface area contributed by atoms with Gasteiger partial charge in [-0.1, -0.05) is 0 Å². The molecule has 0 saturated heterocycles. The van der Waals surface area contributed by atoms with Crippen molar-refractivity contribution in [3.05, 3.63) is 0 Å². The van der Waals surface area contributed by atoms with Gasteiger partial charge in [0.25, 0.3) is 0 Å². The van der Waals surface area contributed by atoms with Crippen molar-refractivity contribution in [1.29, 1.82) is 0 Å². The number of aliphatic carboxylic acids is 1. The molecule has 0 bridgehead atoms. The molecule has 0 aromatic carbocycles. The molecule has 0 aromatic rings. The predicted molar refractivity (Wildman–Crippen MR) is 19.0 cm³/mol. The minimum atomic E-state index is -1.62. The molecule has 0 unspecified atom stereocenters. The SMILES string of the molecule is O=C([O-])COC(=O)O.[Na+]. The Morgan fingerprint density at radius 3 is 2.11 bits per heavy atom. The van der Waals surface area contributed by atoms with Crippen LogP contribution in [0.2, 0.25) is 0 Å². The summed E-state index contributed by atoms with van der Waals surface area (Å²) in [5.41, 5.74) is 0. The molecule has 0 aliphatic heterocycles. The van der Waals surface area contributed by atoms with E-state index in [4.69, 9.17) is 5.11 Å². The first kappa shape index (κ1) is 11.5. The maximum atomic E-state index is 9.40. The molecule has 0 fully saturated rings. The third kappa shape index (κ3) is 11.4. The summed E-state index contributed by atoms with van der Waals surface area (Å²) >= 11 is 0. The van der Waals surface area contributed by atoms with Gasteiger partial charge in [0.2, 0.25) is 0 Å². The maximum Gasteiger partial charge on any atom is 1.00 e. The maximum absolute atomic E-state index is 9.40. The van der Waals surface area contributed by atoms with Gasteiger partial charge in [-0.15, -0.1) is 0 Å². The third-order valence-corrected chi connectivity index (χ3v) is 0.313. The van der Waals surface area contributed by atoms with E-state index in [9.17, 15) is 14.7 Å². The zero-order valence-corrected chi connectivity index (χ0v) is 6.79. The van der Waals surface area contributed by atoms with Crippen molar-refractivity contribution in [1.82, 2.24) is 0 Å². The van der Waals surface area contributed by atoms with E-state index in [1.54, 1.807) is 0 Å². The molecule has 0 aromatic heterocycles. The third-order valence-electron chi connectivity index (χ3n) is 0.313. The van der Waals surface area contributed by atoms with Crippen LogP contribution in [0.5, 0.6) is 0 Å². The van der Waals surface area contributed by atoms with E-state index in [0.29, 0.717) is 0 Å². The van der Waals surface area contributed by atoms with Crippen LogP contribution in [-0.2, 0) is 9.53 Å². The Morgan fingerprint density at radius 1 is 1.56 bits per heavy atom. The Kier molecular flexibility index (Phi) is 7.52. The summed E-state index contributed by atoms with van der Waals surface area (Å²) in [7, 11) is 0. The molecule has 1 N–H and O–H groups in total. The van der Waals surface area contributed by atoms with Crippen LogP contribution in [0.25, 0.3) is 0 Å². The monoisotopic (exact) mass is 142 g/mol. The largest absolute Gasteiger partial charge is 1.00 e. The molecule has 0 atom stereocenters. The summed E-state index contributed by atoms with van der Waals surface area (Å²) in [6.07, 6.45) is -1.62. The minimum absolute atomic E-state index is 0. The average molecular weight is 142 g/mol. The topological polar surface area (TPSA) is 86.7 Å². The van der Waals surface area contributed by atoms with E-state index in [2.05, 4.69) is 4.74 Å². The summed E-state index contributed by atoms with van der Waals surface area (Å²) in [6.45, 7) is -0.907. The second-order valence-electron chi connectivity index (χ2n) is 0.927. The molecule has 5 nitrogen and oxygen atoms in total. The molecule has 46 valence electrons. The predicted octanol–water partition coefficient (Wildman–Crippen LogP) is -4.57. The van der Waals surface area contributed by atoms with E-state index in [0.717, 1.165) is 0 Å². The van der Waals surface area contributed by atoms with Gasteiger partial charge < -0.3 is 19.7 Å². The van der Waals surface area contributed by atoms with Crippen molar-refractivity contribution in [3.63, 3.8) is 0 Å². The average Bonchev–Trinajstić information content (AvgIpc) is 1.61. The zero-order valence-electron chi connectivity index (χ0n) is 4.79. The summed E-state index contributed by atoms with van der Waals surface area (Å²) < 4.78 is 3.56. The van der Waals surface area contributed by atoms with Crippen LogP contribution in [0.4, 0.5) is 4.79 Å². The number of carboxylic acid groups (broad SMARTS) is 2. The van der Waals surface area contributed by atoms with Crippen molar-refractivity contribution in [3.8, 4) is 0 Å². The number of hydrogen-bond acceptors (Lipinski definition) is 4. The molecule has 9 heavy (non-hydrogen) atoms. The van der Waals surface area contributed by atoms with Crippen LogP contribution in [0.15, 0.2) is 0 Å². The molecular formula is C3H3NaO5. The number of rotatable bonds is 2. The first-order valence-corrected chi connectivity index (χ1v) is 1.68. The molecular weight excluding hydrogens is 139 g/mol. The zero-order chi connectivity index (χ0) is 6.57. The molecule has 0 radical (unpaired) electrons. The summed E-state index contributed by atoms with van der Waals surface area (Å²) in [5.74, 6) is -1.55. The molecule has 0 spiro atoms. The van der Waals surface area contributed by atoms with Crippen molar-refractivity contribution in [2.75, 3.05) is 6.61 Å². The minimum Gasteiger partial charge on any atom is -0.546 e. The number of carboxylic acids is 1. The molecule has 6 heteroatoms. The Balaban J connectivity index is 0. The van der Waals surface area contributed by atoms with Gasteiger partial charge in [0, 0.05) is 0 Å². The van der Waals surface area contributed by atoms with Crippen LogP contribution < -0.4 is 34.7 Å². The molecule has 0 saturated carbocycles. The summed E-state index contributed by atoms with van der Waals surface area (Å²) in [4.78, 5) is 18.8. The second kappa shape index (κ2) is 5.87. The van der Waals surface area contributed by atoms with Crippen molar-refractivity contribution >= 4 is 12.1 Å². The fourth-order valence-electron chi connectivity index (χ4n) is 0.121. The van der Waals surface area contributed by atoms with Crippen LogP contribution in [0, 0.1) is 0 Å². The van der Waals surface area contributed by atoms with Gasteiger partial charge in [0.1, 0.15) is 6.61 Å². The summed E-state index contributed by atoms with van der Waals surface area (Å²) in [6, 6.07) is 0. The number of hydrogen-bond donors (Lipinski definition) is 1. The van der Waals surface area contributed by atoms with E-state index in [1.807, 2.05) is 0 Å². The molecule has 0 heterocycles. The first-order chi connectivity index (χ1) is 3.63. The Hall–Kier alpha value is -0.260. The standard InChI is InChI=1S/C3H4O5.Na/c4-2(5)1-8-3(6)7;/h1H2,(H,4,5)(H,6,7);/q;+1/p-1. The van der Waals surface area contributed by atoms with E-state index < -0.39 is 18.7 Å². The Bertz CT molecular complexity index is 96.8. The summed E-state index contributed by atoms with van der Waals surface area (Å²) in [5, 5.41) is 17.1. The van der Waals surface area contributed by atoms with Gasteiger partial charge in [-0.2, -0.15) is 0 Å². The van der Waals surface area contributed by atoms with Crippen LogP contribution >= 0.6 is 0 Å². The fourth-order valence-corrected chi connectivity index (χ4v) is 0.121. The Morgan fingerprint density at radius 2 is 2.00 bits per heavy atom.